The number of nitrogens with zero attached hydrogens (tertiary/aromatic N) is 2. The van der Waals surface area contributed by atoms with E-state index in [9.17, 15) is 8.42 Å². The second-order valence-corrected chi connectivity index (χ2v) is 6.48. The van der Waals surface area contributed by atoms with Gasteiger partial charge in [0.05, 0.1) is 23.9 Å². The van der Waals surface area contributed by atoms with Gasteiger partial charge in [-0.2, -0.15) is 5.10 Å². The van der Waals surface area contributed by atoms with Crippen molar-refractivity contribution in [2.24, 2.45) is 7.05 Å². The van der Waals surface area contributed by atoms with Crippen molar-refractivity contribution >= 4 is 9.84 Å². The molecule has 1 aliphatic heterocycles. The van der Waals surface area contributed by atoms with Crippen LogP contribution < -0.4 is 10.1 Å². The van der Waals surface area contributed by atoms with Crippen molar-refractivity contribution in [3.8, 4) is 5.75 Å². The van der Waals surface area contributed by atoms with E-state index in [1.807, 2.05) is 7.05 Å². The number of sulfone groups is 1. The Hall–Kier alpha value is -1.08. The fourth-order valence-electron chi connectivity index (χ4n) is 1.86. The highest BCUT2D eigenvalue weighted by atomic mass is 32.2. The summed E-state index contributed by atoms with van der Waals surface area (Å²) < 4.78 is 29.5. The molecule has 2 rings (SSSR count). The first-order chi connectivity index (χ1) is 8.05. The van der Waals surface area contributed by atoms with Crippen LogP contribution in [0.25, 0.3) is 0 Å². The van der Waals surface area contributed by atoms with Crippen LogP contribution in [-0.2, 0) is 16.9 Å². The van der Waals surface area contributed by atoms with E-state index in [1.165, 1.54) is 0 Å². The van der Waals surface area contributed by atoms with Gasteiger partial charge in [0.25, 0.3) is 0 Å². The number of aromatic nitrogens is 2. The lowest BCUT2D eigenvalue weighted by Crippen LogP contribution is -2.33. The summed E-state index contributed by atoms with van der Waals surface area (Å²) in [5.74, 6) is 1.28. The molecule has 0 aromatic carbocycles. The van der Waals surface area contributed by atoms with Crippen LogP contribution in [0, 0.1) is 0 Å². The second kappa shape index (κ2) is 5.05. The number of ether oxygens (including phenoxy) is 1. The summed E-state index contributed by atoms with van der Waals surface area (Å²) in [5, 5.41) is 7.17. The number of hydrogen-bond acceptors (Lipinski definition) is 5. The lowest BCUT2D eigenvalue weighted by molar-refractivity contribution is 0.307. The standard InChI is InChI=1S/C10H17N3O3S/c1-13-7-10(6-12-13)16-4-3-11-9-2-5-17(14,15)8-9/h6-7,9,11H,2-5,8H2,1H3. The summed E-state index contributed by atoms with van der Waals surface area (Å²) in [6.07, 6.45) is 4.15. The van der Waals surface area contributed by atoms with Gasteiger partial charge in [-0.3, -0.25) is 4.68 Å². The van der Waals surface area contributed by atoms with Gasteiger partial charge < -0.3 is 10.1 Å². The molecule has 17 heavy (non-hydrogen) atoms. The molecule has 96 valence electrons. The molecule has 0 saturated carbocycles. The second-order valence-electron chi connectivity index (χ2n) is 4.25. The van der Waals surface area contributed by atoms with Gasteiger partial charge in [-0.25, -0.2) is 8.42 Å². The molecule has 7 heteroatoms. The molecular weight excluding hydrogens is 242 g/mol. The van der Waals surface area contributed by atoms with E-state index >= 15 is 0 Å². The third kappa shape index (κ3) is 3.71. The first-order valence-electron chi connectivity index (χ1n) is 5.60. The van der Waals surface area contributed by atoms with Gasteiger partial charge in [-0.15, -0.1) is 0 Å². The van der Waals surface area contributed by atoms with Crippen molar-refractivity contribution in [1.82, 2.24) is 15.1 Å². The van der Waals surface area contributed by atoms with Crippen LogP contribution in [-0.4, -0.2) is 48.9 Å². The third-order valence-electron chi connectivity index (χ3n) is 2.72. The molecule has 2 heterocycles. The molecule has 1 aromatic rings. The van der Waals surface area contributed by atoms with E-state index in [4.69, 9.17) is 4.74 Å². The average molecular weight is 259 g/mol. The highest BCUT2D eigenvalue weighted by Gasteiger charge is 2.26. The Morgan fingerprint density at radius 3 is 3.06 bits per heavy atom. The van der Waals surface area contributed by atoms with Crippen LogP contribution in [0.2, 0.25) is 0 Å². The van der Waals surface area contributed by atoms with Gasteiger partial charge in [-0.05, 0) is 6.42 Å². The highest BCUT2D eigenvalue weighted by Crippen LogP contribution is 2.11. The van der Waals surface area contributed by atoms with E-state index in [0.29, 0.717) is 25.3 Å². The Kier molecular flexibility index (Phi) is 3.68. The highest BCUT2D eigenvalue weighted by molar-refractivity contribution is 7.91. The van der Waals surface area contributed by atoms with Crippen molar-refractivity contribution < 1.29 is 13.2 Å². The van der Waals surface area contributed by atoms with Gasteiger partial charge in [0.2, 0.25) is 0 Å². The van der Waals surface area contributed by atoms with E-state index in [-0.39, 0.29) is 11.8 Å². The fraction of sp³-hybridized carbons (Fsp3) is 0.700. The Balaban J connectivity index is 1.64. The Labute approximate surface area is 101 Å². The Bertz CT molecular complexity index is 469. The Morgan fingerprint density at radius 1 is 1.65 bits per heavy atom. The number of aryl methyl sites for hydroxylation is 1. The SMILES string of the molecule is Cn1cc(OCCNC2CCS(=O)(=O)C2)cn1. The van der Waals surface area contributed by atoms with Crippen molar-refractivity contribution in [1.29, 1.82) is 0 Å². The molecule has 1 aromatic heterocycles. The predicted octanol–water partition coefficient (Wildman–Crippen LogP) is -0.424. The summed E-state index contributed by atoms with van der Waals surface area (Å²) in [5.41, 5.74) is 0. The lowest BCUT2D eigenvalue weighted by atomic mass is 10.3. The lowest BCUT2D eigenvalue weighted by Gasteiger charge is -2.10. The largest absolute Gasteiger partial charge is 0.489 e. The fourth-order valence-corrected chi connectivity index (χ4v) is 3.57. The zero-order valence-electron chi connectivity index (χ0n) is 9.80. The van der Waals surface area contributed by atoms with Crippen molar-refractivity contribution in [2.45, 2.75) is 12.5 Å². The van der Waals surface area contributed by atoms with Crippen LogP contribution in [0.1, 0.15) is 6.42 Å². The molecule has 1 saturated heterocycles. The summed E-state index contributed by atoms with van der Waals surface area (Å²) in [4.78, 5) is 0. The zero-order chi connectivity index (χ0) is 12.3. The number of rotatable bonds is 5. The predicted molar refractivity (Wildman–Crippen MR) is 63.8 cm³/mol. The van der Waals surface area contributed by atoms with Crippen LogP contribution in [0.3, 0.4) is 0 Å². The maximum absolute atomic E-state index is 11.2. The van der Waals surface area contributed by atoms with Crippen LogP contribution in [0.5, 0.6) is 5.75 Å². The van der Waals surface area contributed by atoms with Gasteiger partial charge >= 0.3 is 0 Å². The maximum atomic E-state index is 11.2. The first-order valence-corrected chi connectivity index (χ1v) is 7.42. The molecule has 6 nitrogen and oxygen atoms in total. The van der Waals surface area contributed by atoms with Gasteiger partial charge in [-0.1, -0.05) is 0 Å². The van der Waals surface area contributed by atoms with E-state index in [1.54, 1.807) is 17.1 Å². The van der Waals surface area contributed by atoms with E-state index in [0.717, 1.165) is 5.75 Å². The zero-order valence-corrected chi connectivity index (χ0v) is 10.6. The van der Waals surface area contributed by atoms with Crippen molar-refractivity contribution in [3.05, 3.63) is 12.4 Å². The van der Waals surface area contributed by atoms with Gasteiger partial charge in [0.1, 0.15) is 6.61 Å². The minimum Gasteiger partial charge on any atom is -0.489 e. The number of nitrogens with one attached hydrogen (secondary N) is 1. The first kappa shape index (κ1) is 12.4. The van der Waals surface area contributed by atoms with E-state index < -0.39 is 9.84 Å². The van der Waals surface area contributed by atoms with E-state index in [2.05, 4.69) is 10.4 Å². The molecule has 0 amide bonds. The van der Waals surface area contributed by atoms with Crippen LogP contribution in [0.15, 0.2) is 12.4 Å². The molecule has 1 aliphatic rings. The maximum Gasteiger partial charge on any atom is 0.157 e. The van der Waals surface area contributed by atoms with Gasteiger partial charge in [0, 0.05) is 19.6 Å². The summed E-state index contributed by atoms with van der Waals surface area (Å²) >= 11 is 0. The molecule has 0 bridgehead atoms. The molecule has 0 aliphatic carbocycles. The van der Waals surface area contributed by atoms with Crippen molar-refractivity contribution in [2.75, 3.05) is 24.7 Å². The van der Waals surface area contributed by atoms with Crippen molar-refractivity contribution in [3.63, 3.8) is 0 Å². The molecular formula is C10H17N3O3S. The number of hydrogen-bond donors (Lipinski definition) is 1. The summed E-state index contributed by atoms with van der Waals surface area (Å²) in [7, 11) is -0.970. The average Bonchev–Trinajstić information content (AvgIpc) is 2.80. The summed E-state index contributed by atoms with van der Waals surface area (Å²) in [6, 6.07) is 0.0810. The molecule has 1 fully saturated rings. The molecule has 0 spiro atoms. The molecule has 1 atom stereocenters. The normalized spacial score (nSPS) is 22.8. The summed E-state index contributed by atoms with van der Waals surface area (Å²) in [6.45, 7) is 1.16. The third-order valence-corrected chi connectivity index (χ3v) is 4.49. The molecule has 0 radical (unpaired) electrons. The molecule has 1 unspecified atom stereocenters. The van der Waals surface area contributed by atoms with Crippen LogP contribution >= 0.6 is 0 Å². The topological polar surface area (TPSA) is 73.2 Å². The minimum absolute atomic E-state index is 0.0810. The monoisotopic (exact) mass is 259 g/mol. The van der Waals surface area contributed by atoms with Crippen LogP contribution in [0.4, 0.5) is 0 Å². The smallest absolute Gasteiger partial charge is 0.157 e. The minimum atomic E-state index is -2.80. The Morgan fingerprint density at radius 2 is 2.47 bits per heavy atom. The quantitative estimate of drug-likeness (QED) is 0.727. The molecule has 1 N–H and O–H groups in total. The van der Waals surface area contributed by atoms with Gasteiger partial charge in [0.15, 0.2) is 15.6 Å².